The summed E-state index contributed by atoms with van der Waals surface area (Å²) in [7, 11) is 0. The van der Waals surface area contributed by atoms with E-state index >= 15 is 0 Å². The van der Waals surface area contributed by atoms with Crippen LogP contribution < -0.4 is 5.32 Å². The molecule has 3 aromatic rings. The summed E-state index contributed by atoms with van der Waals surface area (Å²) in [5.41, 5.74) is 2.84. The van der Waals surface area contributed by atoms with Gasteiger partial charge in [-0.3, -0.25) is 4.79 Å². The fourth-order valence-corrected chi connectivity index (χ4v) is 3.85. The molecule has 2 heterocycles. The standard InChI is InChI=1S/C17H17N3OS2/c1-11-15(23-17(19-11)13-6-4-3-5-7-13)16(21)18-9-8-14-10-22-12(2)20-14/h3-7,10H,8-9H2,1-2H3,(H,18,21). The van der Waals surface area contributed by atoms with Crippen LogP contribution in [0.2, 0.25) is 0 Å². The first-order valence-electron chi connectivity index (χ1n) is 7.35. The largest absolute Gasteiger partial charge is 0.351 e. The third-order valence-electron chi connectivity index (χ3n) is 3.36. The van der Waals surface area contributed by atoms with E-state index in [4.69, 9.17) is 0 Å². The number of amides is 1. The first-order chi connectivity index (χ1) is 11.1. The molecule has 4 nitrogen and oxygen atoms in total. The molecule has 6 heteroatoms. The smallest absolute Gasteiger partial charge is 0.263 e. The van der Waals surface area contributed by atoms with Crippen LogP contribution in [0.5, 0.6) is 0 Å². The van der Waals surface area contributed by atoms with Crippen LogP contribution >= 0.6 is 22.7 Å². The van der Waals surface area contributed by atoms with Gasteiger partial charge in [0.1, 0.15) is 9.88 Å². The summed E-state index contributed by atoms with van der Waals surface area (Å²) in [6.07, 6.45) is 0.749. The monoisotopic (exact) mass is 343 g/mol. The van der Waals surface area contributed by atoms with E-state index in [0.717, 1.165) is 33.4 Å². The van der Waals surface area contributed by atoms with Gasteiger partial charge in [0.15, 0.2) is 0 Å². The van der Waals surface area contributed by atoms with Gasteiger partial charge in [-0.1, -0.05) is 30.3 Å². The maximum atomic E-state index is 12.3. The van der Waals surface area contributed by atoms with Crippen molar-refractivity contribution in [2.45, 2.75) is 20.3 Å². The number of aryl methyl sites for hydroxylation is 2. The molecule has 1 N–H and O–H groups in total. The Morgan fingerprint density at radius 1 is 1.17 bits per heavy atom. The lowest BCUT2D eigenvalue weighted by Crippen LogP contribution is -2.25. The van der Waals surface area contributed by atoms with Gasteiger partial charge in [0.2, 0.25) is 0 Å². The maximum absolute atomic E-state index is 12.3. The zero-order valence-corrected chi connectivity index (χ0v) is 14.6. The molecule has 23 heavy (non-hydrogen) atoms. The highest BCUT2D eigenvalue weighted by molar-refractivity contribution is 7.17. The topological polar surface area (TPSA) is 54.9 Å². The fraction of sp³-hybridized carbons (Fsp3) is 0.235. The second-order valence-electron chi connectivity index (χ2n) is 5.16. The minimum Gasteiger partial charge on any atom is -0.351 e. The molecule has 0 fully saturated rings. The van der Waals surface area contributed by atoms with Crippen molar-refractivity contribution >= 4 is 28.6 Å². The minimum atomic E-state index is -0.0610. The summed E-state index contributed by atoms with van der Waals surface area (Å²) in [5, 5.41) is 6.92. The number of nitrogens with zero attached hydrogens (tertiary/aromatic N) is 2. The van der Waals surface area contributed by atoms with Crippen LogP contribution in [0.15, 0.2) is 35.7 Å². The van der Waals surface area contributed by atoms with E-state index in [9.17, 15) is 4.79 Å². The number of carbonyl (C=O) groups is 1. The van der Waals surface area contributed by atoms with E-state index in [-0.39, 0.29) is 5.91 Å². The molecule has 0 spiro atoms. The number of hydrogen-bond donors (Lipinski definition) is 1. The third-order valence-corrected chi connectivity index (χ3v) is 5.38. The van der Waals surface area contributed by atoms with Gasteiger partial charge in [-0.25, -0.2) is 9.97 Å². The van der Waals surface area contributed by atoms with Gasteiger partial charge < -0.3 is 5.32 Å². The lowest BCUT2D eigenvalue weighted by molar-refractivity contribution is 0.0957. The highest BCUT2D eigenvalue weighted by atomic mass is 32.1. The Kier molecular flexibility index (Phi) is 4.83. The molecular formula is C17H17N3OS2. The zero-order valence-electron chi connectivity index (χ0n) is 13.0. The lowest BCUT2D eigenvalue weighted by atomic mass is 10.2. The van der Waals surface area contributed by atoms with Crippen LogP contribution in [-0.4, -0.2) is 22.4 Å². The van der Waals surface area contributed by atoms with Crippen molar-refractivity contribution in [3.8, 4) is 10.6 Å². The van der Waals surface area contributed by atoms with E-state index < -0.39 is 0 Å². The van der Waals surface area contributed by atoms with Crippen LogP contribution in [0.4, 0.5) is 0 Å². The number of carbonyl (C=O) groups excluding carboxylic acids is 1. The number of aromatic nitrogens is 2. The van der Waals surface area contributed by atoms with Crippen molar-refractivity contribution in [3.05, 3.63) is 57.0 Å². The molecule has 2 aromatic heterocycles. The predicted octanol–water partition coefficient (Wildman–Crippen LogP) is 3.86. The SMILES string of the molecule is Cc1nc(CCNC(=O)c2sc(-c3ccccc3)nc2C)cs1. The first-order valence-corrected chi connectivity index (χ1v) is 9.05. The Hall–Kier alpha value is -2.05. The quantitative estimate of drug-likeness (QED) is 0.765. The average Bonchev–Trinajstić information content (AvgIpc) is 3.14. The summed E-state index contributed by atoms with van der Waals surface area (Å²) in [5.74, 6) is -0.0610. The van der Waals surface area contributed by atoms with Crippen LogP contribution in [0.25, 0.3) is 10.6 Å². The van der Waals surface area contributed by atoms with E-state index in [1.807, 2.05) is 49.6 Å². The van der Waals surface area contributed by atoms with Crippen LogP contribution in [-0.2, 0) is 6.42 Å². The summed E-state index contributed by atoms with van der Waals surface area (Å²) < 4.78 is 0. The molecule has 0 saturated heterocycles. The molecule has 0 bridgehead atoms. The van der Waals surface area contributed by atoms with Crippen LogP contribution in [0.1, 0.15) is 26.1 Å². The minimum absolute atomic E-state index is 0.0610. The molecule has 0 aliphatic heterocycles. The Morgan fingerprint density at radius 2 is 1.96 bits per heavy atom. The van der Waals surface area contributed by atoms with E-state index in [1.165, 1.54) is 11.3 Å². The van der Waals surface area contributed by atoms with Crippen LogP contribution in [0, 0.1) is 13.8 Å². The number of rotatable bonds is 5. The van der Waals surface area contributed by atoms with Crippen molar-refractivity contribution in [1.29, 1.82) is 0 Å². The van der Waals surface area contributed by atoms with E-state index in [1.54, 1.807) is 11.3 Å². The molecule has 3 rings (SSSR count). The van der Waals surface area contributed by atoms with Crippen LogP contribution in [0.3, 0.4) is 0 Å². The van der Waals surface area contributed by atoms with Crippen molar-refractivity contribution in [1.82, 2.24) is 15.3 Å². The highest BCUT2D eigenvalue weighted by Gasteiger charge is 2.15. The molecule has 0 aliphatic carbocycles. The Bertz CT molecular complexity index is 808. The maximum Gasteiger partial charge on any atom is 0.263 e. The molecule has 0 radical (unpaired) electrons. The molecule has 0 atom stereocenters. The molecular weight excluding hydrogens is 326 g/mol. The van der Waals surface area contributed by atoms with Crippen molar-refractivity contribution in [3.63, 3.8) is 0 Å². The molecule has 1 amide bonds. The van der Waals surface area contributed by atoms with Gasteiger partial charge in [0.05, 0.1) is 16.4 Å². The Morgan fingerprint density at radius 3 is 2.65 bits per heavy atom. The van der Waals surface area contributed by atoms with Gasteiger partial charge >= 0.3 is 0 Å². The summed E-state index contributed by atoms with van der Waals surface area (Å²) in [6.45, 7) is 4.44. The average molecular weight is 343 g/mol. The second-order valence-corrected chi connectivity index (χ2v) is 7.22. The van der Waals surface area contributed by atoms with Crippen molar-refractivity contribution < 1.29 is 4.79 Å². The number of nitrogens with one attached hydrogen (secondary N) is 1. The van der Waals surface area contributed by atoms with Gasteiger partial charge in [0, 0.05) is 23.9 Å². The predicted molar refractivity (Wildman–Crippen MR) is 95.2 cm³/mol. The van der Waals surface area contributed by atoms with Crippen molar-refractivity contribution in [2.75, 3.05) is 6.54 Å². The van der Waals surface area contributed by atoms with E-state index in [2.05, 4.69) is 15.3 Å². The van der Waals surface area contributed by atoms with Gasteiger partial charge in [0.25, 0.3) is 5.91 Å². The molecule has 118 valence electrons. The molecule has 0 unspecified atom stereocenters. The molecule has 0 aliphatic rings. The van der Waals surface area contributed by atoms with Gasteiger partial charge in [-0.2, -0.15) is 0 Å². The summed E-state index contributed by atoms with van der Waals surface area (Å²) >= 11 is 3.07. The van der Waals surface area contributed by atoms with Crippen molar-refractivity contribution in [2.24, 2.45) is 0 Å². The summed E-state index contributed by atoms with van der Waals surface area (Å²) in [4.78, 5) is 21.9. The van der Waals surface area contributed by atoms with E-state index in [0.29, 0.717) is 11.4 Å². The Labute approximate surface area is 143 Å². The normalized spacial score (nSPS) is 10.7. The fourth-order valence-electron chi connectivity index (χ4n) is 2.22. The number of hydrogen-bond acceptors (Lipinski definition) is 5. The summed E-state index contributed by atoms with van der Waals surface area (Å²) in [6, 6.07) is 9.93. The number of benzene rings is 1. The zero-order chi connectivity index (χ0) is 16.2. The highest BCUT2D eigenvalue weighted by Crippen LogP contribution is 2.27. The second kappa shape index (κ2) is 7.02. The molecule has 0 saturated carbocycles. The van der Waals surface area contributed by atoms with Gasteiger partial charge in [-0.15, -0.1) is 22.7 Å². The third kappa shape index (κ3) is 3.83. The van der Waals surface area contributed by atoms with Gasteiger partial charge in [-0.05, 0) is 13.8 Å². The number of thiazole rings is 2. The Balaban J connectivity index is 1.64. The first kappa shape index (κ1) is 15.8. The lowest BCUT2D eigenvalue weighted by Gasteiger charge is -2.02. The molecule has 1 aromatic carbocycles.